The van der Waals surface area contributed by atoms with Gasteiger partial charge in [-0.05, 0) is 18.4 Å². The van der Waals surface area contributed by atoms with Gasteiger partial charge >= 0.3 is 5.97 Å². The van der Waals surface area contributed by atoms with Gasteiger partial charge in [-0.2, -0.15) is 0 Å². The van der Waals surface area contributed by atoms with Crippen LogP contribution >= 0.6 is 23.1 Å². The van der Waals surface area contributed by atoms with Crippen LogP contribution in [-0.2, 0) is 14.3 Å². The van der Waals surface area contributed by atoms with E-state index >= 15 is 0 Å². The first-order valence-corrected chi connectivity index (χ1v) is 10.1. The Bertz CT molecular complexity index is 904. The van der Waals surface area contributed by atoms with Crippen molar-refractivity contribution in [2.45, 2.75) is 13.0 Å². The predicted molar refractivity (Wildman–Crippen MR) is 104 cm³/mol. The van der Waals surface area contributed by atoms with Gasteiger partial charge in [0.2, 0.25) is 5.91 Å². The van der Waals surface area contributed by atoms with Gasteiger partial charge in [0, 0.05) is 10.4 Å². The molecule has 1 aromatic heterocycles. The van der Waals surface area contributed by atoms with Crippen LogP contribution in [0.15, 0.2) is 58.4 Å². The summed E-state index contributed by atoms with van der Waals surface area (Å²) < 4.78 is 5.34. The number of esters is 1. The lowest BCUT2D eigenvalue weighted by Gasteiger charge is -2.32. The summed E-state index contributed by atoms with van der Waals surface area (Å²) >= 11 is 2.92. The molecule has 0 spiro atoms. The minimum atomic E-state index is -0.501. The second-order valence-electron chi connectivity index (χ2n) is 5.71. The van der Waals surface area contributed by atoms with Gasteiger partial charge < -0.3 is 4.74 Å². The Kier molecular flexibility index (Phi) is 4.65. The quantitative estimate of drug-likeness (QED) is 0.754. The molecule has 1 amide bonds. The molecular weight excluding hydrogens is 368 g/mol. The van der Waals surface area contributed by atoms with Crippen molar-refractivity contribution in [3.05, 3.63) is 63.9 Å². The number of fused-ring (bicyclic) bond motifs is 1. The van der Waals surface area contributed by atoms with Crippen LogP contribution in [0.5, 0.6) is 0 Å². The predicted octanol–water partition coefficient (Wildman–Crippen LogP) is 3.71. The summed E-state index contributed by atoms with van der Waals surface area (Å²) in [5, 5.41) is 2.58. The van der Waals surface area contributed by atoms with Crippen LogP contribution in [0.1, 0.15) is 23.4 Å². The van der Waals surface area contributed by atoms with Crippen LogP contribution in [-0.4, -0.2) is 34.3 Å². The molecule has 0 radical (unpaired) electrons. The third-order valence-corrected chi connectivity index (χ3v) is 6.01. The molecule has 1 atom stereocenters. The van der Waals surface area contributed by atoms with Crippen molar-refractivity contribution in [1.29, 1.82) is 0 Å². The summed E-state index contributed by atoms with van der Waals surface area (Å²) in [6.45, 7) is 2.04. The summed E-state index contributed by atoms with van der Waals surface area (Å²) in [6.07, 6.45) is 0. The second-order valence-corrected chi connectivity index (χ2v) is 7.64. The van der Waals surface area contributed by atoms with E-state index in [2.05, 4.69) is 4.99 Å². The number of amidine groups is 1. The third-order valence-electron chi connectivity index (χ3n) is 4.15. The lowest BCUT2D eigenvalue weighted by molar-refractivity contribution is -0.139. The number of carbonyl (C=O) groups excluding carboxylic acids is 2. The molecule has 1 saturated heterocycles. The molecule has 1 fully saturated rings. The highest BCUT2D eigenvalue weighted by molar-refractivity contribution is 8.15. The summed E-state index contributed by atoms with van der Waals surface area (Å²) in [4.78, 5) is 32.7. The smallest absolute Gasteiger partial charge is 0.338 e. The van der Waals surface area contributed by atoms with Crippen molar-refractivity contribution < 1.29 is 14.3 Å². The first kappa shape index (κ1) is 17.1. The number of amides is 1. The Hall–Kier alpha value is -2.38. The van der Waals surface area contributed by atoms with E-state index < -0.39 is 12.0 Å². The van der Waals surface area contributed by atoms with Crippen LogP contribution in [0.3, 0.4) is 0 Å². The molecule has 0 aliphatic carbocycles. The average molecular weight is 384 g/mol. The van der Waals surface area contributed by atoms with Gasteiger partial charge in [0.1, 0.15) is 6.04 Å². The fourth-order valence-corrected chi connectivity index (χ4v) is 4.79. The van der Waals surface area contributed by atoms with Crippen LogP contribution in [0, 0.1) is 0 Å². The van der Waals surface area contributed by atoms with E-state index in [1.54, 1.807) is 11.8 Å². The number of hydrogen-bond acceptors (Lipinski definition) is 6. The summed E-state index contributed by atoms with van der Waals surface area (Å²) in [5.41, 5.74) is 1.83. The fraction of sp³-hybridized carbons (Fsp3) is 0.211. The lowest BCUT2D eigenvalue weighted by atomic mass is 9.96. The zero-order valence-corrected chi connectivity index (χ0v) is 15.7. The lowest BCUT2D eigenvalue weighted by Crippen LogP contribution is -2.39. The maximum atomic E-state index is 12.9. The van der Waals surface area contributed by atoms with E-state index in [9.17, 15) is 9.59 Å². The number of nitrogens with zero attached hydrogens (tertiary/aromatic N) is 2. The van der Waals surface area contributed by atoms with Crippen molar-refractivity contribution >= 4 is 45.8 Å². The van der Waals surface area contributed by atoms with Gasteiger partial charge in [0.15, 0.2) is 5.17 Å². The third kappa shape index (κ3) is 2.87. The highest BCUT2D eigenvalue weighted by Gasteiger charge is 2.44. The van der Waals surface area contributed by atoms with E-state index in [0.29, 0.717) is 22.2 Å². The molecule has 1 aromatic carbocycles. The number of hydrogen-bond donors (Lipinski definition) is 0. The van der Waals surface area contributed by atoms with Gasteiger partial charge in [0.25, 0.3) is 0 Å². The largest absolute Gasteiger partial charge is 0.463 e. The highest BCUT2D eigenvalue weighted by atomic mass is 32.2. The number of benzene rings is 1. The summed E-state index contributed by atoms with van der Waals surface area (Å²) in [7, 11) is 0. The van der Waals surface area contributed by atoms with E-state index in [1.165, 1.54) is 23.1 Å². The average Bonchev–Trinajstić information content (AvgIpc) is 3.31. The van der Waals surface area contributed by atoms with E-state index in [0.717, 1.165) is 10.4 Å². The molecular formula is C19H16N2O3S2. The van der Waals surface area contributed by atoms with Crippen molar-refractivity contribution in [1.82, 2.24) is 4.90 Å². The van der Waals surface area contributed by atoms with Crippen LogP contribution < -0.4 is 0 Å². The molecule has 26 heavy (non-hydrogen) atoms. The SMILES string of the molecule is CCOC(=O)C1=C(c2ccccc2)N=C2SCC(=O)N2C1c1cccs1. The zero-order chi connectivity index (χ0) is 18.1. The standard InChI is InChI=1S/C19H16N2O3S2/c1-2-24-18(23)15-16(12-7-4-3-5-8-12)20-19-21(14(22)11-26-19)17(15)13-9-6-10-25-13/h3-10,17H,2,11H2,1H3. The Labute approximate surface area is 159 Å². The van der Waals surface area contributed by atoms with Gasteiger partial charge in [-0.3, -0.25) is 9.69 Å². The zero-order valence-electron chi connectivity index (χ0n) is 14.0. The maximum absolute atomic E-state index is 12.9. The van der Waals surface area contributed by atoms with Crippen molar-refractivity contribution in [3.8, 4) is 0 Å². The fourth-order valence-electron chi connectivity index (χ4n) is 3.08. The van der Waals surface area contributed by atoms with Gasteiger partial charge in [-0.1, -0.05) is 48.2 Å². The normalized spacial score (nSPS) is 19.4. The Morgan fingerprint density at radius 3 is 2.77 bits per heavy atom. The van der Waals surface area contributed by atoms with E-state index in [-0.39, 0.29) is 12.5 Å². The molecule has 3 heterocycles. The molecule has 0 N–H and O–H groups in total. The second kappa shape index (κ2) is 7.09. The minimum absolute atomic E-state index is 0.0407. The monoisotopic (exact) mass is 384 g/mol. The van der Waals surface area contributed by atoms with Crippen LogP contribution in [0.4, 0.5) is 0 Å². The molecule has 132 valence electrons. The van der Waals surface area contributed by atoms with Crippen molar-refractivity contribution in [2.75, 3.05) is 12.4 Å². The van der Waals surface area contributed by atoms with Gasteiger partial charge in [-0.25, -0.2) is 9.79 Å². The molecule has 2 aliphatic heterocycles. The molecule has 7 heteroatoms. The maximum Gasteiger partial charge on any atom is 0.338 e. The topological polar surface area (TPSA) is 59.0 Å². The number of thiophene rings is 1. The first-order valence-electron chi connectivity index (χ1n) is 8.24. The van der Waals surface area contributed by atoms with Crippen molar-refractivity contribution in [3.63, 3.8) is 0 Å². The molecule has 0 saturated carbocycles. The molecule has 5 nitrogen and oxygen atoms in total. The van der Waals surface area contributed by atoms with E-state index in [4.69, 9.17) is 4.74 Å². The molecule has 2 aliphatic rings. The number of carbonyl (C=O) groups is 2. The number of thioether (sulfide) groups is 1. The van der Waals surface area contributed by atoms with Gasteiger partial charge in [0.05, 0.1) is 23.6 Å². The Balaban J connectivity index is 1.96. The number of rotatable bonds is 4. The number of ether oxygens (including phenoxy) is 1. The van der Waals surface area contributed by atoms with Crippen LogP contribution in [0.2, 0.25) is 0 Å². The minimum Gasteiger partial charge on any atom is -0.463 e. The molecule has 2 aromatic rings. The van der Waals surface area contributed by atoms with Gasteiger partial charge in [-0.15, -0.1) is 11.3 Å². The Morgan fingerprint density at radius 2 is 2.08 bits per heavy atom. The first-order chi connectivity index (χ1) is 12.7. The molecule has 1 unspecified atom stereocenters. The van der Waals surface area contributed by atoms with E-state index in [1.807, 2.05) is 47.8 Å². The van der Waals surface area contributed by atoms with Crippen molar-refractivity contribution in [2.24, 2.45) is 4.99 Å². The highest BCUT2D eigenvalue weighted by Crippen LogP contribution is 2.44. The summed E-state index contributed by atoms with van der Waals surface area (Å²) in [6, 6.07) is 12.9. The molecule has 0 bridgehead atoms. The Morgan fingerprint density at radius 1 is 1.27 bits per heavy atom. The molecule has 4 rings (SSSR count). The number of aliphatic imine (C=N–C) groups is 1. The summed E-state index contributed by atoms with van der Waals surface area (Å²) in [5.74, 6) is -0.142. The van der Waals surface area contributed by atoms with Crippen LogP contribution in [0.25, 0.3) is 5.70 Å².